The van der Waals surface area contributed by atoms with Crippen LogP contribution in [-0.4, -0.2) is 31.6 Å². The first-order valence-corrected chi connectivity index (χ1v) is 13.3. The van der Waals surface area contributed by atoms with E-state index in [4.69, 9.17) is 18.4 Å². The van der Waals surface area contributed by atoms with Crippen molar-refractivity contribution in [2.24, 2.45) is 11.7 Å². The summed E-state index contributed by atoms with van der Waals surface area (Å²) < 4.78 is 2.07. The van der Waals surface area contributed by atoms with Crippen molar-refractivity contribution in [2.75, 3.05) is 10.6 Å². The molecule has 2 saturated carbocycles. The number of ketones is 1. The number of thiol groups is 1. The SMILES string of the molecule is Cc1ccc(NC(=O)Nc2nc(C(S)c3nnc(CN)n3C3CC3)cs2)c(C(=O)C2CCCC2)c1.Cl. The molecule has 192 valence electrons. The molecule has 5 rings (SSSR count). The van der Waals surface area contributed by atoms with Gasteiger partial charge < -0.3 is 15.6 Å². The summed E-state index contributed by atoms with van der Waals surface area (Å²) in [6.07, 6.45) is 6.13. The quantitative estimate of drug-likeness (QED) is 0.224. The zero-order chi connectivity index (χ0) is 24.5. The molecule has 2 fully saturated rings. The third-order valence-corrected chi connectivity index (χ3v) is 7.84. The highest BCUT2D eigenvalue weighted by molar-refractivity contribution is 7.80. The molecule has 2 heterocycles. The summed E-state index contributed by atoms with van der Waals surface area (Å²) in [4.78, 5) is 30.4. The number of aryl methyl sites for hydroxylation is 1. The van der Waals surface area contributed by atoms with Crippen LogP contribution in [0.2, 0.25) is 0 Å². The number of urea groups is 1. The summed E-state index contributed by atoms with van der Waals surface area (Å²) >= 11 is 6.05. The summed E-state index contributed by atoms with van der Waals surface area (Å²) in [5.74, 6) is 1.60. The number of nitrogens with one attached hydrogen (secondary N) is 2. The molecule has 2 aliphatic carbocycles. The van der Waals surface area contributed by atoms with Crippen LogP contribution in [0.5, 0.6) is 0 Å². The molecule has 0 spiro atoms. The Morgan fingerprint density at radius 3 is 2.64 bits per heavy atom. The van der Waals surface area contributed by atoms with Crippen molar-refractivity contribution in [3.63, 3.8) is 0 Å². The number of carbonyl (C=O) groups excluding carboxylic acids is 2. The Hall–Kier alpha value is -2.47. The molecule has 0 saturated heterocycles. The third-order valence-electron chi connectivity index (χ3n) is 6.57. The first-order chi connectivity index (χ1) is 16.9. The van der Waals surface area contributed by atoms with E-state index in [9.17, 15) is 9.59 Å². The van der Waals surface area contributed by atoms with Crippen molar-refractivity contribution in [2.45, 2.75) is 63.3 Å². The van der Waals surface area contributed by atoms with Crippen molar-refractivity contribution in [1.29, 1.82) is 0 Å². The number of carbonyl (C=O) groups is 2. The van der Waals surface area contributed by atoms with E-state index in [1.54, 1.807) is 6.07 Å². The second kappa shape index (κ2) is 11.3. The Morgan fingerprint density at radius 2 is 1.94 bits per heavy atom. The highest BCUT2D eigenvalue weighted by atomic mass is 35.5. The highest BCUT2D eigenvalue weighted by Crippen LogP contribution is 2.40. The fourth-order valence-electron chi connectivity index (χ4n) is 4.62. The number of halogens is 1. The van der Waals surface area contributed by atoms with E-state index >= 15 is 0 Å². The van der Waals surface area contributed by atoms with Gasteiger partial charge in [0.05, 0.1) is 17.9 Å². The molecule has 2 aromatic heterocycles. The zero-order valence-electron chi connectivity index (χ0n) is 19.9. The van der Waals surface area contributed by atoms with E-state index in [0.717, 1.165) is 49.9 Å². The number of aromatic nitrogens is 4. The van der Waals surface area contributed by atoms with E-state index in [-0.39, 0.29) is 29.4 Å². The molecule has 36 heavy (non-hydrogen) atoms. The minimum atomic E-state index is -0.447. The summed E-state index contributed by atoms with van der Waals surface area (Å²) in [6, 6.07) is 5.45. The molecule has 0 radical (unpaired) electrons. The molecular formula is C24H30ClN7O2S2. The monoisotopic (exact) mass is 547 g/mol. The minimum Gasteiger partial charge on any atom is -0.324 e. The summed E-state index contributed by atoms with van der Waals surface area (Å²) in [6.45, 7) is 2.26. The lowest BCUT2D eigenvalue weighted by Crippen LogP contribution is -2.22. The standard InChI is InChI=1S/C24H29N7O2S2.ClH/c1-13-6-9-17(16(10-13)20(32)14-4-2-3-5-14)26-23(33)28-24-27-18(12-35-24)21(34)22-30-29-19(11-25)31(22)15-7-8-15;/h6,9-10,12,14-15,21,34H,2-5,7-8,11,25H2,1H3,(H2,26,27,28,33);1H. The molecular weight excluding hydrogens is 518 g/mol. The van der Waals surface area contributed by atoms with Crippen LogP contribution >= 0.6 is 36.4 Å². The average molecular weight is 548 g/mol. The molecule has 4 N–H and O–H groups in total. The van der Waals surface area contributed by atoms with Gasteiger partial charge in [0.2, 0.25) is 0 Å². The van der Waals surface area contributed by atoms with Crippen LogP contribution < -0.4 is 16.4 Å². The molecule has 12 heteroatoms. The highest BCUT2D eigenvalue weighted by Gasteiger charge is 2.32. The van der Waals surface area contributed by atoms with Crippen molar-refractivity contribution >= 4 is 59.0 Å². The Balaban J connectivity index is 0.00000304. The van der Waals surface area contributed by atoms with Gasteiger partial charge >= 0.3 is 6.03 Å². The number of nitrogens with zero attached hydrogens (tertiary/aromatic N) is 4. The minimum absolute atomic E-state index is 0. The first kappa shape index (κ1) is 26.6. The van der Waals surface area contributed by atoms with E-state index in [0.29, 0.717) is 40.5 Å². The van der Waals surface area contributed by atoms with Gasteiger partial charge in [-0.3, -0.25) is 10.1 Å². The lowest BCUT2D eigenvalue weighted by atomic mass is 9.94. The van der Waals surface area contributed by atoms with Gasteiger partial charge in [0.15, 0.2) is 16.7 Å². The van der Waals surface area contributed by atoms with E-state index in [1.807, 2.05) is 24.4 Å². The Morgan fingerprint density at radius 1 is 1.19 bits per heavy atom. The van der Waals surface area contributed by atoms with Crippen LogP contribution in [-0.2, 0) is 6.54 Å². The molecule has 1 aromatic carbocycles. The van der Waals surface area contributed by atoms with Crippen LogP contribution in [0.3, 0.4) is 0 Å². The van der Waals surface area contributed by atoms with Crippen LogP contribution in [0.1, 0.15) is 83.1 Å². The van der Waals surface area contributed by atoms with Crippen LogP contribution in [0.15, 0.2) is 23.6 Å². The normalized spacial score (nSPS) is 16.4. The molecule has 9 nitrogen and oxygen atoms in total. The van der Waals surface area contributed by atoms with Gasteiger partial charge in [-0.05, 0) is 44.7 Å². The molecule has 0 aliphatic heterocycles. The molecule has 2 aliphatic rings. The van der Waals surface area contributed by atoms with E-state index < -0.39 is 6.03 Å². The number of Topliss-reactive ketones (excluding diaryl/α,β-unsaturated/α-hetero) is 1. The number of benzene rings is 1. The number of rotatable bonds is 8. The molecule has 1 atom stereocenters. The number of nitrogens with two attached hydrogens (primary N) is 1. The predicted octanol–water partition coefficient (Wildman–Crippen LogP) is 5.29. The second-order valence-corrected chi connectivity index (χ2v) is 10.6. The van der Waals surface area contributed by atoms with Crippen LogP contribution in [0, 0.1) is 12.8 Å². The largest absolute Gasteiger partial charge is 0.325 e. The van der Waals surface area contributed by atoms with Crippen molar-refractivity contribution in [3.05, 3.63) is 52.0 Å². The van der Waals surface area contributed by atoms with Gasteiger partial charge in [-0.2, -0.15) is 12.6 Å². The molecule has 0 bridgehead atoms. The summed E-state index contributed by atoms with van der Waals surface area (Å²) in [7, 11) is 0. The molecule has 3 aromatic rings. The molecule has 2 amide bonds. The van der Waals surface area contributed by atoms with Crippen molar-refractivity contribution in [3.8, 4) is 0 Å². The second-order valence-electron chi connectivity index (χ2n) is 9.23. The van der Waals surface area contributed by atoms with Gasteiger partial charge in [-0.25, -0.2) is 9.78 Å². The zero-order valence-corrected chi connectivity index (χ0v) is 22.5. The van der Waals surface area contributed by atoms with E-state index in [2.05, 4.69) is 30.4 Å². The van der Waals surface area contributed by atoms with Crippen LogP contribution in [0.25, 0.3) is 0 Å². The maximum absolute atomic E-state index is 13.1. The maximum Gasteiger partial charge on any atom is 0.325 e. The smallest absolute Gasteiger partial charge is 0.324 e. The fourth-order valence-corrected chi connectivity index (χ4v) is 5.76. The lowest BCUT2D eigenvalue weighted by Gasteiger charge is -2.14. The fraction of sp³-hybridized carbons (Fsp3) is 0.458. The Labute approximate surface area is 225 Å². The topological polar surface area (TPSA) is 128 Å². The van der Waals surface area contributed by atoms with Gasteiger partial charge in [-0.15, -0.1) is 33.9 Å². The Kier molecular flexibility index (Phi) is 8.34. The van der Waals surface area contributed by atoms with Crippen LogP contribution in [0.4, 0.5) is 15.6 Å². The number of thiazole rings is 1. The molecule has 1 unspecified atom stereocenters. The predicted molar refractivity (Wildman–Crippen MR) is 146 cm³/mol. The number of amides is 2. The van der Waals surface area contributed by atoms with Crippen molar-refractivity contribution in [1.82, 2.24) is 19.7 Å². The van der Waals surface area contributed by atoms with E-state index in [1.165, 1.54) is 11.3 Å². The summed E-state index contributed by atoms with van der Waals surface area (Å²) in [5, 5.41) is 16.0. The Bertz CT molecular complexity index is 1250. The van der Waals surface area contributed by atoms with Gasteiger partial charge in [0.1, 0.15) is 11.1 Å². The van der Waals surface area contributed by atoms with Gasteiger partial charge in [0.25, 0.3) is 0 Å². The van der Waals surface area contributed by atoms with Gasteiger partial charge in [-0.1, -0.05) is 24.5 Å². The number of hydrogen-bond donors (Lipinski definition) is 4. The average Bonchev–Trinajstić information content (AvgIpc) is 3.23. The third kappa shape index (κ3) is 5.59. The summed E-state index contributed by atoms with van der Waals surface area (Å²) in [5.41, 5.74) is 8.57. The van der Waals surface area contributed by atoms with Gasteiger partial charge in [0, 0.05) is 22.9 Å². The maximum atomic E-state index is 13.1. The van der Waals surface area contributed by atoms with Crippen molar-refractivity contribution < 1.29 is 9.59 Å². The number of anilines is 2. The number of hydrogen-bond acceptors (Lipinski definition) is 8. The first-order valence-electron chi connectivity index (χ1n) is 11.9. The lowest BCUT2D eigenvalue weighted by molar-refractivity contribution is 0.0923.